The molecule has 2 heterocycles. The first-order chi connectivity index (χ1) is 15.5. The van der Waals surface area contributed by atoms with Crippen LogP contribution in [0, 0.1) is 25.2 Å². The van der Waals surface area contributed by atoms with Gasteiger partial charge in [0, 0.05) is 49.9 Å². The van der Waals surface area contributed by atoms with Gasteiger partial charge in [-0.25, -0.2) is 0 Å². The monoisotopic (exact) mass is 434 g/mol. The molecule has 0 saturated carbocycles. The Balaban J connectivity index is 1.57. The fourth-order valence-electron chi connectivity index (χ4n) is 4.23. The molecule has 6 nitrogen and oxygen atoms in total. The summed E-state index contributed by atoms with van der Waals surface area (Å²) < 4.78 is 7.99. The highest BCUT2D eigenvalue weighted by Gasteiger charge is 2.19. The maximum absolute atomic E-state index is 12.6. The van der Waals surface area contributed by atoms with Gasteiger partial charge in [-0.15, -0.1) is 0 Å². The number of anilines is 1. The Morgan fingerprint density at radius 2 is 2.12 bits per heavy atom. The molecule has 1 aliphatic heterocycles. The van der Waals surface area contributed by atoms with E-state index in [0.717, 1.165) is 62.5 Å². The van der Waals surface area contributed by atoms with Gasteiger partial charge in [-0.3, -0.25) is 4.79 Å². The average molecular weight is 435 g/mol. The lowest BCUT2D eigenvalue weighted by Gasteiger charge is -2.23. The van der Waals surface area contributed by atoms with Crippen LogP contribution in [0.2, 0.25) is 0 Å². The van der Waals surface area contributed by atoms with E-state index >= 15 is 0 Å². The van der Waals surface area contributed by atoms with E-state index in [1.807, 2.05) is 31.2 Å². The Hall–Kier alpha value is -3.04. The fourth-order valence-corrected chi connectivity index (χ4v) is 4.23. The van der Waals surface area contributed by atoms with E-state index in [2.05, 4.69) is 46.8 Å². The maximum Gasteiger partial charge on any atom is 0.261 e. The summed E-state index contributed by atoms with van der Waals surface area (Å²) in [5.74, 6) is -0.320. The van der Waals surface area contributed by atoms with E-state index in [1.54, 1.807) is 6.08 Å². The van der Waals surface area contributed by atoms with E-state index < -0.39 is 0 Å². The number of rotatable bonds is 10. The number of nitrogens with zero attached hydrogens (tertiary/aromatic N) is 3. The van der Waals surface area contributed by atoms with Crippen LogP contribution < -0.4 is 10.2 Å². The molecule has 170 valence electrons. The summed E-state index contributed by atoms with van der Waals surface area (Å²) >= 11 is 0. The molecular weight excluding hydrogens is 400 g/mol. The number of benzene rings is 1. The van der Waals surface area contributed by atoms with Crippen molar-refractivity contribution in [1.82, 2.24) is 9.88 Å². The van der Waals surface area contributed by atoms with E-state index in [4.69, 9.17) is 4.74 Å². The number of amides is 1. The van der Waals surface area contributed by atoms with E-state index in [1.165, 1.54) is 5.69 Å². The summed E-state index contributed by atoms with van der Waals surface area (Å²) in [6.07, 6.45) is 4.94. The van der Waals surface area contributed by atoms with Gasteiger partial charge in [0.1, 0.15) is 11.6 Å². The summed E-state index contributed by atoms with van der Waals surface area (Å²) in [4.78, 5) is 14.9. The van der Waals surface area contributed by atoms with Crippen LogP contribution in [-0.2, 0) is 16.1 Å². The lowest BCUT2D eigenvalue weighted by Crippen LogP contribution is -2.30. The van der Waals surface area contributed by atoms with Gasteiger partial charge in [0.25, 0.3) is 5.91 Å². The summed E-state index contributed by atoms with van der Waals surface area (Å²) in [5, 5.41) is 12.5. The van der Waals surface area contributed by atoms with Gasteiger partial charge in [-0.1, -0.05) is 18.2 Å². The van der Waals surface area contributed by atoms with Crippen molar-refractivity contribution in [2.75, 3.05) is 31.1 Å². The maximum atomic E-state index is 12.6. The standard InChI is InChI=1S/C26H34N4O2/c1-4-29(24-10-6-5-7-11-24)14-9-13-28-26(31)23(18-27)17-22-16-20(2)30(21(22)3)19-25-12-8-15-32-25/h5-7,10-11,16-17,25H,4,8-9,12-15,19H2,1-3H3,(H,28,31)/b23-17+. The van der Waals surface area contributed by atoms with Crippen LogP contribution in [0.3, 0.4) is 0 Å². The minimum Gasteiger partial charge on any atom is -0.376 e. The van der Waals surface area contributed by atoms with Gasteiger partial charge in [0.15, 0.2) is 0 Å². The summed E-state index contributed by atoms with van der Waals surface area (Å²) in [5.41, 5.74) is 4.39. The molecule has 0 radical (unpaired) electrons. The van der Waals surface area contributed by atoms with Crippen molar-refractivity contribution >= 4 is 17.7 Å². The van der Waals surface area contributed by atoms with Gasteiger partial charge in [-0.05, 0) is 69.9 Å². The molecule has 1 aromatic heterocycles. The molecule has 2 aromatic rings. The second-order valence-electron chi connectivity index (χ2n) is 8.27. The van der Waals surface area contributed by atoms with Crippen LogP contribution in [0.4, 0.5) is 5.69 Å². The Morgan fingerprint density at radius 3 is 2.78 bits per heavy atom. The average Bonchev–Trinajstić information content (AvgIpc) is 3.42. The number of para-hydroxylation sites is 1. The molecule has 32 heavy (non-hydrogen) atoms. The third kappa shape index (κ3) is 6.02. The van der Waals surface area contributed by atoms with Crippen LogP contribution in [0.5, 0.6) is 0 Å². The Morgan fingerprint density at radius 1 is 1.34 bits per heavy atom. The zero-order valence-corrected chi connectivity index (χ0v) is 19.4. The highest BCUT2D eigenvalue weighted by Crippen LogP contribution is 2.22. The number of aryl methyl sites for hydroxylation is 1. The van der Waals surface area contributed by atoms with Gasteiger partial charge in [0.05, 0.1) is 6.10 Å². The molecule has 0 bridgehead atoms. The smallest absolute Gasteiger partial charge is 0.261 e. The zero-order chi connectivity index (χ0) is 22.9. The second-order valence-corrected chi connectivity index (χ2v) is 8.27. The highest BCUT2D eigenvalue weighted by molar-refractivity contribution is 6.01. The largest absolute Gasteiger partial charge is 0.376 e. The van der Waals surface area contributed by atoms with Gasteiger partial charge in [0.2, 0.25) is 0 Å². The summed E-state index contributed by atoms with van der Waals surface area (Å²) in [6, 6.07) is 14.4. The molecule has 1 unspecified atom stereocenters. The number of nitriles is 1. The normalized spacial score (nSPS) is 16.1. The van der Waals surface area contributed by atoms with Crippen LogP contribution in [-0.4, -0.2) is 42.8 Å². The summed E-state index contributed by atoms with van der Waals surface area (Å²) in [7, 11) is 0. The number of hydrogen-bond donors (Lipinski definition) is 1. The first-order valence-corrected chi connectivity index (χ1v) is 11.5. The van der Waals surface area contributed by atoms with Crippen molar-refractivity contribution < 1.29 is 9.53 Å². The number of ether oxygens (including phenoxy) is 1. The minimum atomic E-state index is -0.320. The number of hydrogen-bond acceptors (Lipinski definition) is 4. The number of nitrogens with one attached hydrogen (secondary N) is 1. The first kappa shape index (κ1) is 23.6. The molecule has 1 saturated heterocycles. The SMILES string of the molecule is CCN(CCCNC(=O)/C(C#N)=C/c1cc(C)n(CC2CCCO2)c1C)c1ccccc1. The van der Waals surface area contributed by atoms with Crippen molar-refractivity contribution in [3.8, 4) is 6.07 Å². The van der Waals surface area contributed by atoms with Crippen LogP contribution >= 0.6 is 0 Å². The van der Waals surface area contributed by atoms with Gasteiger partial charge >= 0.3 is 0 Å². The van der Waals surface area contributed by atoms with Crippen molar-refractivity contribution in [2.24, 2.45) is 0 Å². The van der Waals surface area contributed by atoms with Gasteiger partial charge < -0.3 is 19.5 Å². The topological polar surface area (TPSA) is 70.3 Å². The van der Waals surface area contributed by atoms with E-state index in [-0.39, 0.29) is 17.6 Å². The van der Waals surface area contributed by atoms with Crippen LogP contribution in [0.15, 0.2) is 42.0 Å². The Kier molecular flexibility index (Phi) is 8.52. The highest BCUT2D eigenvalue weighted by atomic mass is 16.5. The third-order valence-corrected chi connectivity index (χ3v) is 6.08. The second kappa shape index (κ2) is 11.5. The molecule has 0 aliphatic carbocycles. The van der Waals surface area contributed by atoms with E-state index in [9.17, 15) is 10.1 Å². The molecule has 6 heteroatoms. The van der Waals surface area contributed by atoms with Crippen molar-refractivity contribution in [1.29, 1.82) is 5.26 Å². The van der Waals surface area contributed by atoms with E-state index in [0.29, 0.717) is 6.54 Å². The Bertz CT molecular complexity index is 966. The number of carbonyl (C=O) groups excluding carboxylic acids is 1. The predicted molar refractivity (Wildman–Crippen MR) is 128 cm³/mol. The molecule has 1 amide bonds. The third-order valence-electron chi connectivity index (χ3n) is 6.08. The molecule has 1 aromatic carbocycles. The first-order valence-electron chi connectivity index (χ1n) is 11.5. The van der Waals surface area contributed by atoms with Crippen LogP contribution in [0.1, 0.15) is 43.1 Å². The molecule has 1 N–H and O–H groups in total. The number of aromatic nitrogens is 1. The zero-order valence-electron chi connectivity index (χ0n) is 19.4. The molecule has 0 spiro atoms. The molecular formula is C26H34N4O2. The van der Waals surface area contributed by atoms with Crippen molar-refractivity contribution in [3.05, 3.63) is 58.9 Å². The molecule has 1 fully saturated rings. The van der Waals surface area contributed by atoms with Crippen molar-refractivity contribution in [2.45, 2.75) is 52.7 Å². The van der Waals surface area contributed by atoms with Crippen LogP contribution in [0.25, 0.3) is 6.08 Å². The van der Waals surface area contributed by atoms with Crippen molar-refractivity contribution in [3.63, 3.8) is 0 Å². The van der Waals surface area contributed by atoms with Gasteiger partial charge in [-0.2, -0.15) is 5.26 Å². The lowest BCUT2D eigenvalue weighted by molar-refractivity contribution is -0.117. The quantitative estimate of drug-likeness (QED) is 0.345. The fraction of sp³-hybridized carbons (Fsp3) is 0.462. The predicted octanol–water partition coefficient (Wildman–Crippen LogP) is 4.22. The minimum absolute atomic E-state index is 0.137. The summed E-state index contributed by atoms with van der Waals surface area (Å²) in [6.45, 7) is 10.1. The molecule has 1 aliphatic rings. The molecule has 3 rings (SSSR count). The molecule has 1 atom stereocenters. The number of carbonyl (C=O) groups is 1. The Labute approximate surface area is 191 Å². The lowest BCUT2D eigenvalue weighted by atomic mass is 10.1.